The van der Waals surface area contributed by atoms with Crippen LogP contribution in [-0.4, -0.2) is 19.6 Å². The number of aryl methyl sites for hydroxylation is 1. The highest BCUT2D eigenvalue weighted by Crippen LogP contribution is 2.38. The Labute approximate surface area is 99.8 Å². The van der Waals surface area contributed by atoms with Crippen LogP contribution in [0.2, 0.25) is 0 Å². The van der Waals surface area contributed by atoms with Gasteiger partial charge < -0.3 is 10.2 Å². The Kier molecular flexibility index (Phi) is 2.91. The van der Waals surface area contributed by atoms with Gasteiger partial charge in [0.25, 0.3) is 0 Å². The van der Waals surface area contributed by atoms with Gasteiger partial charge in [-0.3, -0.25) is 0 Å². The van der Waals surface area contributed by atoms with Crippen molar-refractivity contribution < 1.29 is 0 Å². The van der Waals surface area contributed by atoms with Crippen LogP contribution in [0.15, 0.2) is 16.6 Å². The third kappa shape index (κ3) is 1.85. The van der Waals surface area contributed by atoms with Gasteiger partial charge in [-0.15, -0.1) is 0 Å². The van der Waals surface area contributed by atoms with E-state index in [-0.39, 0.29) is 0 Å². The summed E-state index contributed by atoms with van der Waals surface area (Å²) < 4.78 is 1.17. The molecule has 1 aromatic carbocycles. The quantitative estimate of drug-likeness (QED) is 0.840. The molecule has 1 heterocycles. The molecule has 0 spiro atoms. The zero-order chi connectivity index (χ0) is 11.0. The lowest BCUT2D eigenvalue weighted by Gasteiger charge is -2.37. The fourth-order valence-corrected chi connectivity index (χ4v) is 2.85. The van der Waals surface area contributed by atoms with Gasteiger partial charge >= 0.3 is 0 Å². The first-order chi connectivity index (χ1) is 7.13. The molecule has 1 aliphatic rings. The van der Waals surface area contributed by atoms with Crippen LogP contribution in [0.5, 0.6) is 0 Å². The predicted octanol–water partition coefficient (Wildman–Crippen LogP) is 3.40. The van der Waals surface area contributed by atoms with E-state index >= 15 is 0 Å². The average molecular weight is 269 g/mol. The first kappa shape index (κ1) is 10.8. The van der Waals surface area contributed by atoms with Gasteiger partial charge in [-0.1, -0.05) is 6.92 Å². The molecule has 82 valence electrons. The lowest BCUT2D eigenvalue weighted by molar-refractivity contribution is 0.622. The van der Waals surface area contributed by atoms with Crippen molar-refractivity contribution in [3.05, 3.63) is 22.2 Å². The largest absolute Gasteiger partial charge is 0.380 e. The van der Waals surface area contributed by atoms with Crippen molar-refractivity contribution in [2.24, 2.45) is 0 Å². The number of fused-ring (bicyclic) bond motifs is 1. The maximum absolute atomic E-state index is 3.61. The second-order valence-corrected chi connectivity index (χ2v) is 5.05. The Hall–Kier alpha value is -0.700. The van der Waals surface area contributed by atoms with Crippen LogP contribution in [-0.2, 0) is 0 Å². The number of anilines is 2. The molecule has 0 aromatic heterocycles. The zero-order valence-corrected chi connectivity index (χ0v) is 11.1. The monoisotopic (exact) mass is 268 g/mol. The molecule has 15 heavy (non-hydrogen) atoms. The van der Waals surface area contributed by atoms with E-state index in [9.17, 15) is 0 Å². The lowest BCUT2D eigenvalue weighted by atomic mass is 10.1. The molecule has 0 amide bonds. The topological polar surface area (TPSA) is 15.3 Å². The van der Waals surface area contributed by atoms with Gasteiger partial charge in [0, 0.05) is 24.1 Å². The average Bonchev–Trinajstić information content (AvgIpc) is 2.19. The third-order valence-corrected chi connectivity index (χ3v) is 3.75. The van der Waals surface area contributed by atoms with Crippen LogP contribution in [0.25, 0.3) is 0 Å². The number of hydrogen-bond acceptors (Lipinski definition) is 2. The zero-order valence-electron chi connectivity index (χ0n) is 9.47. The van der Waals surface area contributed by atoms with E-state index in [0.717, 1.165) is 6.54 Å². The minimum atomic E-state index is 0.603. The summed E-state index contributed by atoms with van der Waals surface area (Å²) in [6.07, 6.45) is 1.18. The second-order valence-electron chi connectivity index (χ2n) is 4.19. The Bertz CT molecular complexity index is 376. The highest BCUT2D eigenvalue weighted by atomic mass is 79.9. The number of hydrogen-bond donors (Lipinski definition) is 1. The Morgan fingerprint density at radius 1 is 1.53 bits per heavy atom. The van der Waals surface area contributed by atoms with E-state index in [0.29, 0.717) is 6.04 Å². The Morgan fingerprint density at radius 2 is 2.27 bits per heavy atom. The predicted molar refractivity (Wildman–Crippen MR) is 69.9 cm³/mol. The summed E-state index contributed by atoms with van der Waals surface area (Å²) >= 11 is 3.61. The molecule has 1 aromatic rings. The summed E-state index contributed by atoms with van der Waals surface area (Å²) in [6, 6.07) is 5.01. The van der Waals surface area contributed by atoms with E-state index in [1.807, 2.05) is 0 Å². The van der Waals surface area contributed by atoms with Crippen LogP contribution < -0.4 is 10.2 Å². The molecule has 2 nitrogen and oxygen atoms in total. The normalized spacial score (nSPS) is 19.7. The molecule has 0 aliphatic carbocycles. The van der Waals surface area contributed by atoms with Crippen molar-refractivity contribution in [3.63, 3.8) is 0 Å². The minimum Gasteiger partial charge on any atom is -0.380 e. The summed E-state index contributed by atoms with van der Waals surface area (Å²) in [7, 11) is 2.18. The van der Waals surface area contributed by atoms with Crippen LogP contribution >= 0.6 is 15.9 Å². The maximum Gasteiger partial charge on any atom is 0.0723 e. The van der Waals surface area contributed by atoms with E-state index in [4.69, 9.17) is 0 Å². The molecule has 3 heteroatoms. The molecule has 0 bridgehead atoms. The van der Waals surface area contributed by atoms with E-state index in [1.54, 1.807) is 0 Å². The maximum atomic E-state index is 3.61. The molecular formula is C12H17BrN2. The molecule has 0 saturated carbocycles. The van der Waals surface area contributed by atoms with Crippen molar-refractivity contribution in [3.8, 4) is 0 Å². The van der Waals surface area contributed by atoms with Crippen molar-refractivity contribution in [1.29, 1.82) is 0 Å². The van der Waals surface area contributed by atoms with Crippen LogP contribution in [0, 0.1) is 6.92 Å². The van der Waals surface area contributed by atoms with Crippen LogP contribution in [0.1, 0.15) is 18.9 Å². The molecule has 1 unspecified atom stereocenters. The molecule has 1 aliphatic heterocycles. The van der Waals surface area contributed by atoms with Gasteiger partial charge in [0.2, 0.25) is 0 Å². The SMILES string of the molecule is CCC1CNc2c(Br)cc(C)cc2N1C. The van der Waals surface area contributed by atoms with Gasteiger partial charge in [0.1, 0.15) is 0 Å². The van der Waals surface area contributed by atoms with Gasteiger partial charge in [-0.25, -0.2) is 0 Å². The number of benzene rings is 1. The van der Waals surface area contributed by atoms with E-state index in [2.05, 4.69) is 59.2 Å². The fourth-order valence-electron chi connectivity index (χ4n) is 2.15. The minimum absolute atomic E-state index is 0.603. The third-order valence-electron chi connectivity index (χ3n) is 3.13. The molecule has 0 fully saturated rings. The summed E-state index contributed by atoms with van der Waals surface area (Å²) in [5.41, 5.74) is 3.83. The fraction of sp³-hybridized carbons (Fsp3) is 0.500. The number of nitrogens with zero attached hydrogens (tertiary/aromatic N) is 1. The van der Waals surface area contributed by atoms with Gasteiger partial charge in [-0.2, -0.15) is 0 Å². The highest BCUT2D eigenvalue weighted by molar-refractivity contribution is 9.10. The summed E-state index contributed by atoms with van der Waals surface area (Å²) in [5.74, 6) is 0. The molecule has 0 radical (unpaired) electrons. The van der Waals surface area contributed by atoms with Crippen molar-refractivity contribution >= 4 is 27.3 Å². The highest BCUT2D eigenvalue weighted by Gasteiger charge is 2.23. The Morgan fingerprint density at radius 3 is 2.93 bits per heavy atom. The second kappa shape index (κ2) is 4.05. The first-order valence-corrected chi connectivity index (χ1v) is 6.19. The molecule has 0 saturated heterocycles. The number of likely N-dealkylation sites (N-methyl/N-ethyl adjacent to an activating group) is 1. The molecule has 1 atom stereocenters. The molecular weight excluding hydrogens is 252 g/mol. The first-order valence-electron chi connectivity index (χ1n) is 5.40. The Balaban J connectivity index is 2.46. The number of rotatable bonds is 1. The number of nitrogens with one attached hydrogen (secondary N) is 1. The smallest absolute Gasteiger partial charge is 0.0723 e. The van der Waals surface area contributed by atoms with Gasteiger partial charge in [0.15, 0.2) is 0 Å². The standard InChI is InChI=1S/C12H17BrN2/c1-4-9-7-14-12-10(13)5-8(2)6-11(12)15(9)3/h5-6,9,14H,4,7H2,1-3H3. The van der Waals surface area contributed by atoms with Crippen molar-refractivity contribution in [1.82, 2.24) is 0 Å². The lowest BCUT2D eigenvalue weighted by Crippen LogP contribution is -2.41. The molecule has 2 rings (SSSR count). The van der Waals surface area contributed by atoms with E-state index < -0.39 is 0 Å². The molecule has 1 N–H and O–H groups in total. The van der Waals surface area contributed by atoms with Crippen LogP contribution in [0.3, 0.4) is 0 Å². The summed E-state index contributed by atoms with van der Waals surface area (Å²) in [6.45, 7) is 5.40. The van der Waals surface area contributed by atoms with E-state index in [1.165, 1.54) is 27.8 Å². The van der Waals surface area contributed by atoms with Crippen LogP contribution in [0.4, 0.5) is 11.4 Å². The van der Waals surface area contributed by atoms with Crippen molar-refractivity contribution in [2.45, 2.75) is 26.3 Å². The van der Waals surface area contributed by atoms with Crippen molar-refractivity contribution in [2.75, 3.05) is 23.8 Å². The summed E-state index contributed by atoms with van der Waals surface area (Å²) in [5, 5.41) is 3.50. The van der Waals surface area contributed by atoms with Gasteiger partial charge in [-0.05, 0) is 47.0 Å². The van der Waals surface area contributed by atoms with Gasteiger partial charge in [0.05, 0.1) is 11.4 Å². The summed E-state index contributed by atoms with van der Waals surface area (Å²) in [4.78, 5) is 2.38. The number of halogens is 1.